The van der Waals surface area contributed by atoms with Crippen molar-refractivity contribution in [2.24, 2.45) is 0 Å². The second-order valence-corrected chi connectivity index (χ2v) is 5.40. The lowest BCUT2D eigenvalue weighted by atomic mass is 10.1. The van der Waals surface area contributed by atoms with Gasteiger partial charge in [-0.2, -0.15) is 0 Å². The van der Waals surface area contributed by atoms with Gasteiger partial charge in [-0.3, -0.25) is 0 Å². The molecule has 0 saturated heterocycles. The van der Waals surface area contributed by atoms with Gasteiger partial charge in [-0.15, -0.1) is 0 Å². The van der Waals surface area contributed by atoms with Crippen LogP contribution in [0.2, 0.25) is 0 Å². The number of rotatable bonds is 4. The van der Waals surface area contributed by atoms with Gasteiger partial charge in [-0.05, 0) is 59.3 Å². The molecule has 0 amide bonds. The van der Waals surface area contributed by atoms with Crippen LogP contribution in [0.25, 0.3) is 0 Å². The molecule has 2 aromatic rings. The quantitative estimate of drug-likeness (QED) is 0.793. The first-order valence-corrected chi connectivity index (χ1v) is 7.04. The molecular formula is C15H15FINO. The third kappa shape index (κ3) is 3.37. The van der Waals surface area contributed by atoms with Crippen LogP contribution in [-0.2, 0) is 0 Å². The highest BCUT2D eigenvalue weighted by Crippen LogP contribution is 2.26. The third-order valence-electron chi connectivity index (χ3n) is 2.92. The van der Waals surface area contributed by atoms with E-state index in [1.54, 1.807) is 12.1 Å². The average Bonchev–Trinajstić information content (AvgIpc) is 2.42. The number of halogens is 2. The van der Waals surface area contributed by atoms with Gasteiger partial charge in [0.1, 0.15) is 0 Å². The SMILES string of the molecule is COc1cc(C(C)Nc2ccccc2I)ccc1F. The maximum absolute atomic E-state index is 13.4. The molecule has 4 heteroatoms. The fourth-order valence-electron chi connectivity index (χ4n) is 1.84. The summed E-state index contributed by atoms with van der Waals surface area (Å²) in [5.41, 5.74) is 2.05. The Morgan fingerprint density at radius 2 is 1.95 bits per heavy atom. The standard InChI is InChI=1S/C15H15FINO/c1-10(18-14-6-4-3-5-13(14)17)11-7-8-12(16)15(9-11)19-2/h3-10,18H,1-2H3. The van der Waals surface area contributed by atoms with E-state index in [1.807, 2.05) is 31.2 Å². The van der Waals surface area contributed by atoms with Gasteiger partial charge in [0.25, 0.3) is 0 Å². The zero-order chi connectivity index (χ0) is 13.8. The number of hydrogen-bond acceptors (Lipinski definition) is 2. The number of nitrogens with one attached hydrogen (secondary N) is 1. The lowest BCUT2D eigenvalue weighted by Gasteiger charge is -2.17. The number of hydrogen-bond donors (Lipinski definition) is 1. The van der Waals surface area contributed by atoms with E-state index < -0.39 is 0 Å². The molecule has 2 rings (SSSR count). The zero-order valence-corrected chi connectivity index (χ0v) is 12.9. The normalized spacial score (nSPS) is 12.0. The van der Waals surface area contributed by atoms with E-state index in [2.05, 4.69) is 27.9 Å². The van der Waals surface area contributed by atoms with E-state index in [4.69, 9.17) is 4.74 Å². The van der Waals surface area contributed by atoms with E-state index in [-0.39, 0.29) is 17.6 Å². The van der Waals surface area contributed by atoms with E-state index in [0.717, 1.165) is 14.8 Å². The molecule has 0 heterocycles. The minimum Gasteiger partial charge on any atom is -0.494 e. The number of ether oxygens (including phenoxy) is 1. The Morgan fingerprint density at radius 3 is 2.63 bits per heavy atom. The summed E-state index contributed by atoms with van der Waals surface area (Å²) in [5, 5.41) is 3.41. The summed E-state index contributed by atoms with van der Waals surface area (Å²) >= 11 is 2.29. The smallest absolute Gasteiger partial charge is 0.165 e. The molecule has 1 N–H and O–H groups in total. The molecule has 100 valence electrons. The van der Waals surface area contributed by atoms with Gasteiger partial charge in [0, 0.05) is 15.3 Å². The highest BCUT2D eigenvalue weighted by Gasteiger charge is 2.10. The molecule has 0 spiro atoms. The minimum atomic E-state index is -0.340. The Kier molecular flexibility index (Phi) is 4.63. The van der Waals surface area contributed by atoms with Crippen molar-refractivity contribution in [2.75, 3.05) is 12.4 Å². The highest BCUT2D eigenvalue weighted by atomic mass is 127. The van der Waals surface area contributed by atoms with Crippen LogP contribution < -0.4 is 10.1 Å². The Bertz CT molecular complexity index is 574. The molecule has 0 fully saturated rings. The molecule has 0 aliphatic heterocycles. The molecule has 2 aromatic carbocycles. The van der Waals surface area contributed by atoms with Gasteiger partial charge in [-0.1, -0.05) is 18.2 Å². The van der Waals surface area contributed by atoms with Crippen LogP contribution in [0.5, 0.6) is 5.75 Å². The van der Waals surface area contributed by atoms with Gasteiger partial charge in [-0.25, -0.2) is 4.39 Å². The molecule has 0 aliphatic carbocycles. The fraction of sp³-hybridized carbons (Fsp3) is 0.200. The third-order valence-corrected chi connectivity index (χ3v) is 3.86. The van der Waals surface area contributed by atoms with Crippen LogP contribution in [0.15, 0.2) is 42.5 Å². The van der Waals surface area contributed by atoms with E-state index >= 15 is 0 Å². The number of anilines is 1. The van der Waals surface area contributed by atoms with E-state index in [0.29, 0.717) is 0 Å². The fourth-order valence-corrected chi connectivity index (χ4v) is 2.38. The molecule has 0 bridgehead atoms. The van der Waals surface area contributed by atoms with Crippen LogP contribution in [0.4, 0.5) is 10.1 Å². The Hall–Kier alpha value is -1.30. The number of benzene rings is 2. The van der Waals surface area contributed by atoms with Crippen molar-refractivity contribution >= 4 is 28.3 Å². The molecular weight excluding hydrogens is 356 g/mol. The molecule has 19 heavy (non-hydrogen) atoms. The number of methoxy groups -OCH3 is 1. The van der Waals surface area contributed by atoms with Gasteiger partial charge >= 0.3 is 0 Å². The van der Waals surface area contributed by atoms with Gasteiger partial charge in [0.2, 0.25) is 0 Å². The molecule has 1 unspecified atom stereocenters. The summed E-state index contributed by atoms with van der Waals surface area (Å²) in [6, 6.07) is 13.1. The summed E-state index contributed by atoms with van der Waals surface area (Å²) < 4.78 is 19.5. The van der Waals surface area contributed by atoms with E-state index in [9.17, 15) is 4.39 Å². The first-order chi connectivity index (χ1) is 9.11. The summed E-state index contributed by atoms with van der Waals surface area (Å²) in [4.78, 5) is 0. The largest absolute Gasteiger partial charge is 0.494 e. The maximum atomic E-state index is 13.4. The molecule has 1 atom stereocenters. The second kappa shape index (κ2) is 6.23. The van der Waals surface area contributed by atoms with Gasteiger partial charge < -0.3 is 10.1 Å². The van der Waals surface area contributed by atoms with Crippen molar-refractivity contribution in [3.05, 3.63) is 57.4 Å². The van der Waals surface area contributed by atoms with Crippen LogP contribution in [0.1, 0.15) is 18.5 Å². The van der Waals surface area contributed by atoms with Crippen LogP contribution >= 0.6 is 22.6 Å². The van der Waals surface area contributed by atoms with Crippen molar-refractivity contribution in [3.8, 4) is 5.75 Å². The first kappa shape index (κ1) is 14.1. The molecule has 2 nitrogen and oxygen atoms in total. The lowest BCUT2D eigenvalue weighted by Crippen LogP contribution is -2.08. The van der Waals surface area contributed by atoms with Crippen molar-refractivity contribution in [1.82, 2.24) is 0 Å². The van der Waals surface area contributed by atoms with Crippen LogP contribution in [0, 0.1) is 9.39 Å². The average molecular weight is 371 g/mol. The van der Waals surface area contributed by atoms with Crippen LogP contribution in [0.3, 0.4) is 0 Å². The van der Waals surface area contributed by atoms with Crippen molar-refractivity contribution in [1.29, 1.82) is 0 Å². The summed E-state index contributed by atoms with van der Waals surface area (Å²) in [6.07, 6.45) is 0. The second-order valence-electron chi connectivity index (χ2n) is 4.24. The summed E-state index contributed by atoms with van der Waals surface area (Å²) in [6.45, 7) is 2.04. The van der Waals surface area contributed by atoms with Crippen molar-refractivity contribution < 1.29 is 9.13 Å². The van der Waals surface area contributed by atoms with E-state index in [1.165, 1.54) is 13.2 Å². The monoisotopic (exact) mass is 371 g/mol. The Morgan fingerprint density at radius 1 is 1.21 bits per heavy atom. The Balaban J connectivity index is 2.20. The predicted molar refractivity (Wildman–Crippen MR) is 84.1 cm³/mol. The highest BCUT2D eigenvalue weighted by molar-refractivity contribution is 14.1. The van der Waals surface area contributed by atoms with Crippen molar-refractivity contribution in [2.45, 2.75) is 13.0 Å². The van der Waals surface area contributed by atoms with Crippen LogP contribution in [-0.4, -0.2) is 7.11 Å². The summed E-state index contributed by atoms with van der Waals surface area (Å²) in [7, 11) is 1.47. The predicted octanol–water partition coefficient (Wildman–Crippen LogP) is 4.61. The maximum Gasteiger partial charge on any atom is 0.165 e. The zero-order valence-electron chi connectivity index (χ0n) is 10.8. The van der Waals surface area contributed by atoms with Crippen molar-refractivity contribution in [3.63, 3.8) is 0 Å². The minimum absolute atomic E-state index is 0.0745. The Labute approximate surface area is 126 Å². The molecule has 0 aromatic heterocycles. The van der Waals surface area contributed by atoms with Gasteiger partial charge in [0.15, 0.2) is 11.6 Å². The summed E-state index contributed by atoms with van der Waals surface area (Å²) in [5.74, 6) is -0.0679. The van der Waals surface area contributed by atoms with Gasteiger partial charge in [0.05, 0.1) is 7.11 Å². The lowest BCUT2D eigenvalue weighted by molar-refractivity contribution is 0.385. The molecule has 0 aliphatic rings. The molecule has 0 saturated carbocycles. The first-order valence-electron chi connectivity index (χ1n) is 5.96. The number of para-hydroxylation sites is 1. The topological polar surface area (TPSA) is 21.3 Å². The molecule has 0 radical (unpaired) electrons.